The van der Waals surface area contributed by atoms with Crippen molar-refractivity contribution in [2.45, 2.75) is 90.6 Å². The second-order valence-corrected chi connectivity index (χ2v) is 11.0. The lowest BCUT2D eigenvalue weighted by molar-refractivity contribution is -0.173. The van der Waals surface area contributed by atoms with E-state index in [0.29, 0.717) is 32.1 Å². The summed E-state index contributed by atoms with van der Waals surface area (Å²) in [4.78, 5) is 50.6. The van der Waals surface area contributed by atoms with Crippen molar-refractivity contribution >= 4 is 23.3 Å². The van der Waals surface area contributed by atoms with Gasteiger partial charge in [-0.05, 0) is 61.9 Å². The molecule has 0 bridgehead atoms. The van der Waals surface area contributed by atoms with Gasteiger partial charge in [0, 0.05) is 30.6 Å². The van der Waals surface area contributed by atoms with Crippen molar-refractivity contribution in [2.75, 3.05) is 6.61 Å². The summed E-state index contributed by atoms with van der Waals surface area (Å²) in [5.41, 5.74) is -1.69. The largest absolute Gasteiger partial charge is 0.458 e. The van der Waals surface area contributed by atoms with E-state index >= 15 is 0 Å². The lowest BCUT2D eigenvalue weighted by atomic mass is 9.46. The fourth-order valence-corrected chi connectivity index (χ4v) is 7.50. The molecule has 3 fully saturated rings. The molecule has 32 heavy (non-hydrogen) atoms. The number of allylic oxidation sites excluding steroid dienone is 1. The zero-order valence-electron chi connectivity index (χ0n) is 19.6. The van der Waals surface area contributed by atoms with Gasteiger partial charge in [-0.3, -0.25) is 19.2 Å². The van der Waals surface area contributed by atoms with Crippen molar-refractivity contribution in [3.63, 3.8) is 0 Å². The lowest BCUT2D eigenvalue weighted by Crippen LogP contribution is -2.61. The molecule has 0 saturated heterocycles. The second-order valence-electron chi connectivity index (χ2n) is 11.0. The number of rotatable bonds is 6. The van der Waals surface area contributed by atoms with Crippen molar-refractivity contribution in [3.05, 3.63) is 11.6 Å². The smallest absolute Gasteiger partial charge is 0.306 e. The van der Waals surface area contributed by atoms with Gasteiger partial charge in [0.25, 0.3) is 0 Å². The predicted molar refractivity (Wildman–Crippen MR) is 118 cm³/mol. The van der Waals surface area contributed by atoms with Crippen LogP contribution in [0.5, 0.6) is 0 Å². The van der Waals surface area contributed by atoms with Crippen molar-refractivity contribution < 1.29 is 29.0 Å². The van der Waals surface area contributed by atoms with Crippen LogP contribution in [-0.4, -0.2) is 40.6 Å². The number of hydrogen-bond donors (Lipinski definition) is 1. The third-order valence-electron chi connectivity index (χ3n) is 9.37. The lowest BCUT2D eigenvalue weighted by Gasteiger charge is -2.57. The Morgan fingerprint density at radius 2 is 1.91 bits per heavy atom. The fraction of sp³-hybridized carbons (Fsp3) is 0.769. The first-order valence-electron chi connectivity index (χ1n) is 12.2. The summed E-state index contributed by atoms with van der Waals surface area (Å²) in [5, 5.41) is 11.6. The number of unbranched alkanes of at least 4 members (excludes halogenated alkanes) is 1. The number of ketones is 3. The normalized spacial score (nSPS) is 40.8. The van der Waals surface area contributed by atoms with Gasteiger partial charge in [-0.2, -0.15) is 0 Å². The van der Waals surface area contributed by atoms with E-state index < -0.39 is 29.4 Å². The third kappa shape index (κ3) is 3.41. The molecule has 0 radical (unpaired) electrons. The van der Waals surface area contributed by atoms with Gasteiger partial charge in [-0.25, -0.2) is 0 Å². The van der Waals surface area contributed by atoms with Crippen LogP contribution in [0.15, 0.2) is 11.6 Å². The van der Waals surface area contributed by atoms with E-state index in [1.165, 1.54) is 0 Å². The first-order valence-corrected chi connectivity index (χ1v) is 12.2. The molecule has 4 aliphatic rings. The molecular formula is C26H36O6. The van der Waals surface area contributed by atoms with Crippen LogP contribution < -0.4 is 0 Å². The third-order valence-corrected chi connectivity index (χ3v) is 9.37. The van der Waals surface area contributed by atoms with Crippen LogP contribution in [0.1, 0.15) is 85.0 Å². The highest BCUT2D eigenvalue weighted by molar-refractivity contribution is 5.95. The fourth-order valence-electron chi connectivity index (χ4n) is 7.50. The molecule has 6 nitrogen and oxygen atoms in total. The second kappa shape index (κ2) is 8.19. The molecule has 0 aliphatic heterocycles. The Morgan fingerprint density at radius 3 is 2.62 bits per heavy atom. The quantitative estimate of drug-likeness (QED) is 0.627. The van der Waals surface area contributed by atoms with E-state index in [9.17, 15) is 24.3 Å². The Bertz CT molecular complexity index is 874. The van der Waals surface area contributed by atoms with Gasteiger partial charge in [-0.15, -0.1) is 0 Å². The maximum atomic E-state index is 13.6. The molecular weight excluding hydrogens is 408 g/mol. The minimum absolute atomic E-state index is 0.0611. The van der Waals surface area contributed by atoms with Crippen molar-refractivity contribution in [1.29, 1.82) is 0 Å². The molecule has 4 aliphatic carbocycles. The first-order chi connectivity index (χ1) is 15.1. The Morgan fingerprint density at radius 1 is 1.16 bits per heavy atom. The van der Waals surface area contributed by atoms with Crippen molar-refractivity contribution in [1.82, 2.24) is 0 Å². The van der Waals surface area contributed by atoms with Crippen LogP contribution in [-0.2, 0) is 23.9 Å². The summed E-state index contributed by atoms with van der Waals surface area (Å²) in [6.07, 6.45) is 7.52. The molecule has 0 unspecified atom stereocenters. The minimum atomic E-state index is -1.65. The predicted octanol–water partition coefficient (Wildman–Crippen LogP) is 3.73. The number of Topliss-reactive ketones (excluding diaryl/α,β-unsaturated/α-hetero) is 2. The van der Waals surface area contributed by atoms with E-state index in [1.807, 2.05) is 13.8 Å². The van der Waals surface area contributed by atoms with Crippen LogP contribution in [0.2, 0.25) is 0 Å². The highest BCUT2D eigenvalue weighted by atomic mass is 16.5. The Labute approximate surface area is 190 Å². The molecule has 0 amide bonds. The molecule has 0 heterocycles. The van der Waals surface area contributed by atoms with Gasteiger partial charge >= 0.3 is 5.97 Å². The van der Waals surface area contributed by atoms with Crippen LogP contribution in [0, 0.1) is 28.6 Å². The van der Waals surface area contributed by atoms with Crippen LogP contribution in [0.4, 0.5) is 0 Å². The van der Waals surface area contributed by atoms with Gasteiger partial charge in [-0.1, -0.05) is 32.8 Å². The molecule has 176 valence electrons. The summed E-state index contributed by atoms with van der Waals surface area (Å²) in [5.74, 6) is -0.642. The summed E-state index contributed by atoms with van der Waals surface area (Å²) in [6, 6.07) is 0. The molecule has 0 aromatic heterocycles. The highest BCUT2D eigenvalue weighted by Crippen LogP contribution is 2.66. The van der Waals surface area contributed by atoms with E-state index in [0.717, 1.165) is 24.8 Å². The molecule has 0 aromatic carbocycles. The number of fused-ring (bicyclic) bond motifs is 5. The average Bonchev–Trinajstić information content (AvgIpc) is 3.02. The number of aliphatic hydroxyl groups is 1. The summed E-state index contributed by atoms with van der Waals surface area (Å²) in [6.45, 7) is 5.55. The molecule has 6 heteroatoms. The molecule has 1 N–H and O–H groups in total. The van der Waals surface area contributed by atoms with E-state index in [4.69, 9.17) is 4.74 Å². The molecule has 3 saturated carbocycles. The van der Waals surface area contributed by atoms with Gasteiger partial charge in [0.2, 0.25) is 5.78 Å². The van der Waals surface area contributed by atoms with E-state index in [1.54, 1.807) is 6.08 Å². The number of carbonyl (C=O) groups excluding carboxylic acids is 4. The van der Waals surface area contributed by atoms with Gasteiger partial charge in [0.1, 0.15) is 11.4 Å². The van der Waals surface area contributed by atoms with Gasteiger partial charge < -0.3 is 9.84 Å². The standard InChI is InChI=1S/C26H36O6/c1-4-5-6-22(30)32-15-21(29)26(31)12-10-19-18-8-7-16-13-17(27)9-11-24(16,2)23(18)20(28)14-25(19,26)3/h13,18-19,23,31H,4-12,14-15H2,1-3H3/t18-,19+,23-,24+,25+,26+/m1/s1. The first kappa shape index (κ1) is 23.3. The zero-order chi connectivity index (χ0) is 23.3. The minimum Gasteiger partial charge on any atom is -0.458 e. The zero-order valence-corrected chi connectivity index (χ0v) is 19.6. The van der Waals surface area contributed by atoms with Gasteiger partial charge in [0.05, 0.1) is 0 Å². The van der Waals surface area contributed by atoms with Crippen molar-refractivity contribution in [2.24, 2.45) is 28.6 Å². The van der Waals surface area contributed by atoms with Crippen LogP contribution >= 0.6 is 0 Å². The topological polar surface area (TPSA) is 97.7 Å². The molecule has 6 atom stereocenters. The summed E-state index contributed by atoms with van der Waals surface area (Å²) < 4.78 is 5.17. The number of carbonyl (C=O) groups is 4. The maximum Gasteiger partial charge on any atom is 0.306 e. The summed E-state index contributed by atoms with van der Waals surface area (Å²) in [7, 11) is 0. The average molecular weight is 445 g/mol. The maximum absolute atomic E-state index is 13.6. The molecule has 0 spiro atoms. The molecule has 4 rings (SSSR count). The summed E-state index contributed by atoms with van der Waals surface area (Å²) >= 11 is 0. The molecule has 0 aromatic rings. The van der Waals surface area contributed by atoms with Crippen LogP contribution in [0.25, 0.3) is 0 Å². The number of hydrogen-bond acceptors (Lipinski definition) is 6. The van der Waals surface area contributed by atoms with Crippen LogP contribution in [0.3, 0.4) is 0 Å². The van der Waals surface area contributed by atoms with Crippen molar-refractivity contribution in [3.8, 4) is 0 Å². The van der Waals surface area contributed by atoms with E-state index in [-0.39, 0.29) is 47.6 Å². The highest BCUT2D eigenvalue weighted by Gasteiger charge is 2.68. The van der Waals surface area contributed by atoms with E-state index in [2.05, 4.69) is 6.92 Å². The monoisotopic (exact) mass is 444 g/mol. The Kier molecular flexibility index (Phi) is 5.98. The Hall–Kier alpha value is -1.82. The van der Waals surface area contributed by atoms with Gasteiger partial charge in [0.15, 0.2) is 12.4 Å². The number of esters is 1. The number of ether oxygens (including phenoxy) is 1. The SMILES string of the molecule is CCCCC(=O)OCC(=O)[C@@]1(O)CC[C@H]2[C@H]3CCC4=CC(=O)CC[C@]4(C)[C@H]3C(=O)C[C@@]21C. The Balaban J connectivity index is 1.56.